The number of nitrogens with zero attached hydrogens (tertiary/aromatic N) is 2. The minimum atomic E-state index is -1.59. The number of anilines is 1. The average molecular weight is 557 g/mol. The second kappa shape index (κ2) is 10.1. The van der Waals surface area contributed by atoms with E-state index in [4.69, 9.17) is 0 Å². The topological polar surface area (TPSA) is 94.0 Å². The molecule has 1 saturated carbocycles. The van der Waals surface area contributed by atoms with Crippen LogP contribution in [0.25, 0.3) is 0 Å². The lowest BCUT2D eigenvalue weighted by Crippen LogP contribution is -2.59. The molecular formula is C28H27F3N4O3S. The van der Waals surface area contributed by atoms with Crippen molar-refractivity contribution in [2.45, 2.75) is 49.8 Å². The Bertz CT molecular complexity index is 1420. The van der Waals surface area contributed by atoms with Gasteiger partial charge in [0.25, 0.3) is 0 Å². The Morgan fingerprint density at radius 2 is 1.77 bits per heavy atom. The molecule has 0 spiro atoms. The Kier molecular flexibility index (Phi) is 6.98. The van der Waals surface area contributed by atoms with Crippen molar-refractivity contribution in [2.75, 3.05) is 11.6 Å². The van der Waals surface area contributed by atoms with E-state index in [1.54, 1.807) is 13.8 Å². The lowest BCUT2D eigenvalue weighted by molar-refractivity contribution is -0.130. The predicted molar refractivity (Wildman–Crippen MR) is 142 cm³/mol. The number of benzene rings is 2. The van der Waals surface area contributed by atoms with E-state index >= 15 is 4.39 Å². The van der Waals surface area contributed by atoms with E-state index in [9.17, 15) is 23.5 Å². The molecule has 1 fully saturated rings. The third-order valence-electron chi connectivity index (χ3n) is 7.20. The van der Waals surface area contributed by atoms with Gasteiger partial charge in [-0.2, -0.15) is 5.10 Å². The summed E-state index contributed by atoms with van der Waals surface area (Å²) in [6, 6.07) is 12.0. The van der Waals surface area contributed by atoms with E-state index < -0.39 is 46.3 Å². The number of hydrazone groups is 1. The first-order valence-electron chi connectivity index (χ1n) is 12.4. The van der Waals surface area contributed by atoms with Crippen molar-refractivity contribution in [3.63, 3.8) is 0 Å². The van der Waals surface area contributed by atoms with Crippen molar-refractivity contribution in [3.05, 3.63) is 87.9 Å². The third-order valence-corrected chi connectivity index (χ3v) is 8.13. The normalized spacial score (nSPS) is 26.1. The van der Waals surface area contributed by atoms with Gasteiger partial charge in [0.1, 0.15) is 11.6 Å². The largest absolute Gasteiger partial charge is 0.390 e. The smallest absolute Gasteiger partial charge is 0.249 e. The molecular weight excluding hydrogens is 529 g/mol. The molecule has 2 amide bonds. The van der Waals surface area contributed by atoms with Crippen LogP contribution in [0.15, 0.2) is 65.1 Å². The zero-order valence-electron chi connectivity index (χ0n) is 21.2. The molecule has 11 heteroatoms. The average Bonchev–Trinajstić information content (AvgIpc) is 3.48. The van der Waals surface area contributed by atoms with Crippen LogP contribution in [0, 0.1) is 17.5 Å². The maximum absolute atomic E-state index is 15.1. The summed E-state index contributed by atoms with van der Waals surface area (Å²) in [5, 5.41) is 23.0. The van der Waals surface area contributed by atoms with Gasteiger partial charge in [-0.05, 0) is 68.0 Å². The van der Waals surface area contributed by atoms with Crippen LogP contribution in [0.2, 0.25) is 0 Å². The lowest BCUT2D eigenvalue weighted by atomic mass is 9.77. The highest BCUT2D eigenvalue weighted by atomic mass is 32.1. The molecule has 3 N–H and O–H groups in total. The lowest BCUT2D eigenvalue weighted by Gasteiger charge is -2.41. The zero-order chi connectivity index (χ0) is 27.9. The number of nitrogens with one attached hydrogen (secondary N) is 2. The molecule has 5 rings (SSSR count). The molecule has 0 bridgehead atoms. The van der Waals surface area contributed by atoms with Gasteiger partial charge in [-0.15, -0.1) is 11.3 Å². The molecule has 2 atom stereocenters. The minimum Gasteiger partial charge on any atom is -0.390 e. The van der Waals surface area contributed by atoms with Crippen LogP contribution in [0.3, 0.4) is 0 Å². The first-order chi connectivity index (χ1) is 18.5. The summed E-state index contributed by atoms with van der Waals surface area (Å²) < 4.78 is 42.7. The van der Waals surface area contributed by atoms with Gasteiger partial charge < -0.3 is 15.7 Å². The van der Waals surface area contributed by atoms with Gasteiger partial charge in [-0.25, -0.2) is 18.2 Å². The number of halogens is 3. The standard InChI is InChI=1S/C28H27F3N4O3S/c1-27(38)13-19(14-27)33-23(36)15-32-26(37)28(2)24(22-4-3-11-39-22)25(16-5-7-17(29)8-6-16)34-35(28)21-10-9-18(30)12-20(21)31/h3-12,19,24,38H,13-15H2,1-2H3,(H,32,37)(H,33,36). The van der Waals surface area contributed by atoms with Gasteiger partial charge in [0.05, 0.1) is 29.5 Å². The molecule has 204 valence electrons. The van der Waals surface area contributed by atoms with Crippen LogP contribution < -0.4 is 15.6 Å². The number of rotatable bonds is 7. The van der Waals surface area contributed by atoms with Crippen molar-refractivity contribution in [2.24, 2.45) is 5.10 Å². The molecule has 0 radical (unpaired) electrons. The van der Waals surface area contributed by atoms with E-state index in [0.717, 1.165) is 10.9 Å². The molecule has 0 saturated heterocycles. The van der Waals surface area contributed by atoms with E-state index in [2.05, 4.69) is 15.7 Å². The number of hydrogen-bond acceptors (Lipinski definition) is 6. The van der Waals surface area contributed by atoms with Crippen molar-refractivity contribution in [3.8, 4) is 0 Å². The van der Waals surface area contributed by atoms with Crippen LogP contribution in [0.1, 0.15) is 43.0 Å². The fraction of sp³-hybridized carbons (Fsp3) is 0.321. The first-order valence-corrected chi connectivity index (χ1v) is 13.3. The summed E-state index contributed by atoms with van der Waals surface area (Å²) in [5.74, 6) is -3.94. The van der Waals surface area contributed by atoms with Gasteiger partial charge in [0.15, 0.2) is 11.4 Å². The Morgan fingerprint density at radius 1 is 1.08 bits per heavy atom. The molecule has 3 aromatic rings. The Morgan fingerprint density at radius 3 is 2.38 bits per heavy atom. The summed E-state index contributed by atoms with van der Waals surface area (Å²) in [6.45, 7) is 2.91. The molecule has 39 heavy (non-hydrogen) atoms. The second-order valence-electron chi connectivity index (χ2n) is 10.3. The number of hydrogen-bond donors (Lipinski definition) is 3. The molecule has 2 heterocycles. The highest BCUT2D eigenvalue weighted by Crippen LogP contribution is 2.46. The highest BCUT2D eigenvalue weighted by molar-refractivity contribution is 7.10. The van der Waals surface area contributed by atoms with Gasteiger partial charge >= 0.3 is 0 Å². The van der Waals surface area contributed by atoms with E-state index in [0.29, 0.717) is 30.2 Å². The number of amides is 2. The molecule has 1 aliphatic heterocycles. The second-order valence-corrected chi connectivity index (χ2v) is 11.3. The van der Waals surface area contributed by atoms with Crippen LogP contribution in [-0.2, 0) is 9.59 Å². The monoisotopic (exact) mass is 556 g/mol. The minimum absolute atomic E-state index is 0.131. The highest BCUT2D eigenvalue weighted by Gasteiger charge is 2.55. The predicted octanol–water partition coefficient (Wildman–Crippen LogP) is 4.08. The molecule has 1 aromatic heterocycles. The first kappa shape index (κ1) is 26.9. The Hall–Kier alpha value is -3.70. The fourth-order valence-corrected chi connectivity index (χ4v) is 6.23. The number of carbonyl (C=O) groups is 2. The maximum atomic E-state index is 15.1. The maximum Gasteiger partial charge on any atom is 0.249 e. The van der Waals surface area contributed by atoms with Crippen LogP contribution in [0.5, 0.6) is 0 Å². The molecule has 2 unspecified atom stereocenters. The van der Waals surface area contributed by atoms with Crippen molar-refractivity contribution < 1.29 is 27.9 Å². The van der Waals surface area contributed by atoms with Gasteiger partial charge in [-0.3, -0.25) is 9.59 Å². The number of aliphatic hydroxyl groups is 1. The van der Waals surface area contributed by atoms with Crippen molar-refractivity contribution >= 4 is 34.6 Å². The fourth-order valence-electron chi connectivity index (χ4n) is 5.28. The van der Waals surface area contributed by atoms with Crippen molar-refractivity contribution in [1.82, 2.24) is 10.6 Å². The van der Waals surface area contributed by atoms with Crippen molar-refractivity contribution in [1.29, 1.82) is 0 Å². The Balaban J connectivity index is 1.51. The third kappa shape index (κ3) is 5.16. The molecule has 7 nitrogen and oxygen atoms in total. The van der Waals surface area contributed by atoms with Gasteiger partial charge in [0, 0.05) is 17.0 Å². The van der Waals surface area contributed by atoms with Gasteiger partial charge in [0.2, 0.25) is 11.8 Å². The summed E-state index contributed by atoms with van der Waals surface area (Å²) in [5.41, 5.74) is -1.63. The quantitative estimate of drug-likeness (QED) is 0.409. The summed E-state index contributed by atoms with van der Waals surface area (Å²) in [6.07, 6.45) is 0.828. The van der Waals surface area contributed by atoms with E-state index in [-0.39, 0.29) is 18.3 Å². The number of thiophene rings is 1. The van der Waals surface area contributed by atoms with E-state index in [1.807, 2.05) is 17.5 Å². The van der Waals surface area contributed by atoms with Crippen LogP contribution in [-0.4, -0.2) is 46.4 Å². The van der Waals surface area contributed by atoms with Crippen LogP contribution >= 0.6 is 11.3 Å². The molecule has 1 aliphatic carbocycles. The SMILES string of the molecule is CC1(O)CC(NC(=O)CNC(=O)C2(C)C(c3cccs3)C(c3ccc(F)cc3)=NN2c2ccc(F)cc2F)C1. The summed E-state index contributed by atoms with van der Waals surface area (Å²) in [7, 11) is 0. The Labute approximate surface area is 227 Å². The molecule has 2 aliphatic rings. The van der Waals surface area contributed by atoms with Gasteiger partial charge in [-0.1, -0.05) is 18.2 Å². The van der Waals surface area contributed by atoms with E-state index in [1.165, 1.54) is 46.7 Å². The summed E-state index contributed by atoms with van der Waals surface area (Å²) >= 11 is 1.37. The zero-order valence-corrected chi connectivity index (χ0v) is 22.1. The summed E-state index contributed by atoms with van der Waals surface area (Å²) in [4.78, 5) is 27.2. The van der Waals surface area contributed by atoms with Crippen LogP contribution in [0.4, 0.5) is 18.9 Å². The molecule has 2 aromatic carbocycles. The number of carbonyl (C=O) groups excluding carboxylic acids is 2.